The molecule has 0 aromatic heterocycles. The number of hydrogen-bond acceptors (Lipinski definition) is 4. The number of hydrogen-bond donors (Lipinski definition) is 3. The molecule has 3 N–H and O–H groups in total. The van der Waals surface area contributed by atoms with Crippen LogP contribution < -0.4 is 15.4 Å². The summed E-state index contributed by atoms with van der Waals surface area (Å²) in [6.07, 6.45) is 0.202. The molecule has 0 saturated heterocycles. The number of carboxylic acid groups (broad SMARTS) is 1. The number of benzene rings is 2. The summed E-state index contributed by atoms with van der Waals surface area (Å²) in [6, 6.07) is 14.8. The fourth-order valence-electron chi connectivity index (χ4n) is 2.90. The molecule has 1 unspecified atom stereocenters. The Morgan fingerprint density at radius 1 is 1.00 bits per heavy atom. The van der Waals surface area contributed by atoms with E-state index in [2.05, 4.69) is 10.6 Å². The molecule has 7 nitrogen and oxygen atoms in total. The van der Waals surface area contributed by atoms with Gasteiger partial charge in [0.1, 0.15) is 5.75 Å². The van der Waals surface area contributed by atoms with Gasteiger partial charge in [0.15, 0.2) is 6.10 Å². The molecule has 2 amide bonds. The molecule has 0 fully saturated rings. The van der Waals surface area contributed by atoms with Crippen LogP contribution >= 0.6 is 0 Å². The number of anilines is 1. The van der Waals surface area contributed by atoms with Gasteiger partial charge in [-0.3, -0.25) is 0 Å². The van der Waals surface area contributed by atoms with Crippen molar-refractivity contribution in [3.05, 3.63) is 59.7 Å². The summed E-state index contributed by atoms with van der Waals surface area (Å²) >= 11 is 0. The summed E-state index contributed by atoms with van der Waals surface area (Å²) in [6.45, 7) is 8.43. The van der Waals surface area contributed by atoms with Crippen molar-refractivity contribution in [3.63, 3.8) is 0 Å². The third kappa shape index (κ3) is 9.09. The second kappa shape index (κ2) is 11.4. The quantitative estimate of drug-likeness (QED) is 0.525. The summed E-state index contributed by atoms with van der Waals surface area (Å²) in [5.74, 6) is -0.234. The Morgan fingerprint density at radius 3 is 2.16 bits per heavy atom. The van der Waals surface area contributed by atoms with Crippen LogP contribution in [-0.4, -0.2) is 42.0 Å². The third-order valence-corrected chi connectivity index (χ3v) is 4.35. The van der Waals surface area contributed by atoms with Crippen LogP contribution in [-0.2, 0) is 22.4 Å². The van der Waals surface area contributed by atoms with Gasteiger partial charge in [0, 0.05) is 30.7 Å². The van der Waals surface area contributed by atoms with Crippen molar-refractivity contribution in [2.45, 2.75) is 52.2 Å². The third-order valence-electron chi connectivity index (χ3n) is 4.35. The summed E-state index contributed by atoms with van der Waals surface area (Å²) in [5.41, 5.74) is 2.42. The predicted octanol–water partition coefficient (Wildman–Crippen LogP) is 4.26. The second-order valence-electron chi connectivity index (χ2n) is 8.25. The molecule has 0 radical (unpaired) electrons. The zero-order valence-corrected chi connectivity index (χ0v) is 18.6. The van der Waals surface area contributed by atoms with E-state index in [0.717, 1.165) is 29.0 Å². The molecule has 0 saturated carbocycles. The van der Waals surface area contributed by atoms with Gasteiger partial charge in [-0.2, -0.15) is 0 Å². The smallest absolute Gasteiger partial charge is 0.333 e. The topological polar surface area (TPSA) is 96.9 Å². The Balaban J connectivity index is 1.79. The average molecular weight is 429 g/mol. The van der Waals surface area contributed by atoms with Gasteiger partial charge in [-0.1, -0.05) is 24.3 Å². The molecule has 168 valence electrons. The maximum atomic E-state index is 11.9. The number of nitrogens with one attached hydrogen (secondary N) is 2. The van der Waals surface area contributed by atoms with Gasteiger partial charge in [-0.05, 0) is 63.1 Å². The van der Waals surface area contributed by atoms with Crippen LogP contribution in [0.3, 0.4) is 0 Å². The lowest BCUT2D eigenvalue weighted by Crippen LogP contribution is -2.43. The van der Waals surface area contributed by atoms with Gasteiger partial charge in [0.2, 0.25) is 0 Å². The highest BCUT2D eigenvalue weighted by Gasteiger charge is 2.17. The molecule has 0 spiro atoms. The molecule has 0 bridgehead atoms. The van der Waals surface area contributed by atoms with E-state index < -0.39 is 12.1 Å². The van der Waals surface area contributed by atoms with Gasteiger partial charge in [-0.25, -0.2) is 9.59 Å². The fourth-order valence-corrected chi connectivity index (χ4v) is 2.90. The van der Waals surface area contributed by atoms with E-state index in [9.17, 15) is 14.7 Å². The van der Waals surface area contributed by atoms with E-state index in [1.165, 1.54) is 0 Å². The van der Waals surface area contributed by atoms with Crippen LogP contribution in [0.5, 0.6) is 5.75 Å². The Morgan fingerprint density at radius 2 is 1.61 bits per heavy atom. The molecule has 0 aliphatic carbocycles. The zero-order valence-electron chi connectivity index (χ0n) is 18.6. The van der Waals surface area contributed by atoms with E-state index in [1.54, 1.807) is 6.92 Å². The van der Waals surface area contributed by atoms with Crippen LogP contribution in [0.2, 0.25) is 0 Å². The Labute approximate surface area is 183 Å². The first-order valence-electron chi connectivity index (χ1n) is 10.4. The van der Waals surface area contributed by atoms with Crippen molar-refractivity contribution in [1.29, 1.82) is 0 Å². The van der Waals surface area contributed by atoms with Crippen molar-refractivity contribution >= 4 is 17.7 Å². The Hall–Kier alpha value is -3.06. The van der Waals surface area contributed by atoms with E-state index in [-0.39, 0.29) is 11.6 Å². The molecule has 31 heavy (non-hydrogen) atoms. The molecule has 0 aliphatic rings. The number of carbonyl (C=O) groups is 2. The minimum atomic E-state index is -0.960. The van der Waals surface area contributed by atoms with Crippen LogP contribution in [0.15, 0.2) is 48.5 Å². The van der Waals surface area contributed by atoms with Gasteiger partial charge in [-0.15, -0.1) is 0 Å². The first-order chi connectivity index (χ1) is 14.7. The Kier molecular flexibility index (Phi) is 8.88. The molecule has 0 aliphatic heterocycles. The highest BCUT2D eigenvalue weighted by atomic mass is 16.5. The molecule has 1 atom stereocenters. The number of ether oxygens (including phenoxy) is 2. The minimum Gasteiger partial charge on any atom is -0.493 e. The van der Waals surface area contributed by atoms with Crippen molar-refractivity contribution in [2.24, 2.45) is 0 Å². The van der Waals surface area contributed by atoms with Gasteiger partial charge in [0.05, 0.1) is 6.61 Å². The van der Waals surface area contributed by atoms with E-state index >= 15 is 0 Å². The van der Waals surface area contributed by atoms with Gasteiger partial charge in [0.25, 0.3) is 0 Å². The summed E-state index contributed by atoms with van der Waals surface area (Å²) < 4.78 is 11.0. The molecule has 0 heterocycles. The number of carbonyl (C=O) groups excluding carboxylic acids is 1. The largest absolute Gasteiger partial charge is 0.493 e. The molecule has 2 aromatic carbocycles. The first-order valence-corrected chi connectivity index (χ1v) is 10.4. The highest BCUT2D eigenvalue weighted by Crippen LogP contribution is 2.16. The lowest BCUT2D eigenvalue weighted by atomic mass is 10.1. The fraction of sp³-hybridized carbons (Fsp3) is 0.417. The monoisotopic (exact) mass is 428 g/mol. The van der Waals surface area contributed by atoms with Gasteiger partial charge < -0.3 is 25.2 Å². The standard InChI is InChI=1S/C24H32N2O5/c1-5-30-21(22(27)28)16-18-8-12-20(13-9-18)31-15-14-17-6-10-19(11-7-17)25-23(29)26-24(2,3)4/h6-13,21H,5,14-16H2,1-4H3,(H,27,28)(H2,25,26,29). The van der Waals surface area contributed by atoms with Crippen LogP contribution in [0.1, 0.15) is 38.8 Å². The number of rotatable bonds is 10. The van der Waals surface area contributed by atoms with Crippen molar-refractivity contribution in [1.82, 2.24) is 5.32 Å². The van der Waals surface area contributed by atoms with Crippen molar-refractivity contribution < 1.29 is 24.2 Å². The molecule has 7 heteroatoms. The SMILES string of the molecule is CCOC(Cc1ccc(OCCc2ccc(NC(=O)NC(C)(C)C)cc2)cc1)C(=O)O. The predicted molar refractivity (Wildman–Crippen MR) is 121 cm³/mol. The average Bonchev–Trinajstić information content (AvgIpc) is 2.68. The molecular formula is C24H32N2O5. The van der Waals surface area contributed by atoms with Crippen molar-refractivity contribution in [3.8, 4) is 5.75 Å². The highest BCUT2D eigenvalue weighted by molar-refractivity contribution is 5.89. The first kappa shape index (κ1) is 24.2. The van der Waals surface area contributed by atoms with Crippen LogP contribution in [0.25, 0.3) is 0 Å². The summed E-state index contributed by atoms with van der Waals surface area (Å²) in [7, 11) is 0. The number of urea groups is 1. The minimum absolute atomic E-state index is 0.233. The lowest BCUT2D eigenvalue weighted by molar-refractivity contribution is -0.149. The Bertz CT molecular complexity index is 842. The maximum absolute atomic E-state index is 11.9. The maximum Gasteiger partial charge on any atom is 0.333 e. The van der Waals surface area contributed by atoms with Crippen molar-refractivity contribution in [2.75, 3.05) is 18.5 Å². The number of amides is 2. The normalized spacial score (nSPS) is 12.1. The second-order valence-corrected chi connectivity index (χ2v) is 8.25. The summed E-state index contributed by atoms with van der Waals surface area (Å²) in [5, 5.41) is 14.8. The zero-order chi connectivity index (χ0) is 22.9. The van der Waals surface area contributed by atoms with Crippen LogP contribution in [0, 0.1) is 0 Å². The lowest BCUT2D eigenvalue weighted by Gasteiger charge is -2.20. The van der Waals surface area contributed by atoms with E-state index in [0.29, 0.717) is 19.6 Å². The van der Waals surface area contributed by atoms with E-state index in [1.807, 2.05) is 69.3 Å². The van der Waals surface area contributed by atoms with Gasteiger partial charge >= 0.3 is 12.0 Å². The number of carboxylic acids is 1. The van der Waals surface area contributed by atoms with Crippen LogP contribution in [0.4, 0.5) is 10.5 Å². The number of aliphatic carboxylic acids is 1. The van der Waals surface area contributed by atoms with E-state index in [4.69, 9.17) is 9.47 Å². The molecule has 2 aromatic rings. The molecular weight excluding hydrogens is 396 g/mol. The summed E-state index contributed by atoms with van der Waals surface area (Å²) in [4.78, 5) is 23.1. The molecule has 2 rings (SSSR count).